The van der Waals surface area contributed by atoms with E-state index in [4.69, 9.17) is 0 Å². The van der Waals surface area contributed by atoms with Gasteiger partial charge >= 0.3 is 5.97 Å². The maximum atomic E-state index is 13.8. The number of aliphatic carboxylic acids is 1. The molecule has 0 radical (unpaired) electrons. The molecule has 0 amide bonds. The van der Waals surface area contributed by atoms with Gasteiger partial charge in [-0.05, 0) is 25.3 Å². The first-order valence-corrected chi connectivity index (χ1v) is 6.90. The molecule has 2 N–H and O–H groups in total. The van der Waals surface area contributed by atoms with Crippen LogP contribution in [0.5, 0.6) is 0 Å². The molecule has 1 aliphatic rings. The Hall–Kier alpha value is -1.46. The lowest BCUT2D eigenvalue weighted by atomic mass is 9.87. The molecule has 4 nitrogen and oxygen atoms in total. The van der Waals surface area contributed by atoms with Gasteiger partial charge in [0.2, 0.25) is 0 Å². The molecule has 1 aromatic carbocycles. The summed E-state index contributed by atoms with van der Waals surface area (Å²) in [6.45, 7) is 2.83. The van der Waals surface area contributed by atoms with Gasteiger partial charge in [-0.3, -0.25) is 9.69 Å². The fourth-order valence-corrected chi connectivity index (χ4v) is 2.73. The number of nitrogens with zero attached hydrogens (tertiary/aromatic N) is 1. The van der Waals surface area contributed by atoms with Crippen molar-refractivity contribution in [3.8, 4) is 0 Å². The lowest BCUT2D eigenvalue weighted by molar-refractivity contribution is -0.146. The molecule has 1 aromatic rings. The van der Waals surface area contributed by atoms with Crippen molar-refractivity contribution in [2.24, 2.45) is 0 Å². The number of hydrogen-bond acceptors (Lipinski definition) is 3. The Balaban J connectivity index is 2.20. The number of hydrogen-bond donors (Lipinski definition) is 2. The summed E-state index contributed by atoms with van der Waals surface area (Å²) < 4.78 is 13.8. The second-order valence-electron chi connectivity index (χ2n) is 5.38. The van der Waals surface area contributed by atoms with E-state index in [-0.39, 0.29) is 5.56 Å². The second kappa shape index (κ2) is 5.89. The van der Waals surface area contributed by atoms with Crippen LogP contribution in [-0.4, -0.2) is 39.8 Å². The smallest absolute Gasteiger partial charge is 0.325 e. The number of carbonyl (C=O) groups is 1. The molecular formula is C15H20FNO3. The van der Waals surface area contributed by atoms with Gasteiger partial charge in [-0.1, -0.05) is 25.1 Å². The van der Waals surface area contributed by atoms with Gasteiger partial charge in [0.15, 0.2) is 0 Å². The first-order valence-electron chi connectivity index (χ1n) is 6.90. The van der Waals surface area contributed by atoms with Crippen molar-refractivity contribution in [1.82, 2.24) is 4.90 Å². The maximum absolute atomic E-state index is 13.8. The van der Waals surface area contributed by atoms with Crippen LogP contribution in [-0.2, 0) is 4.79 Å². The summed E-state index contributed by atoms with van der Waals surface area (Å²) in [5, 5.41) is 19.6. The molecule has 1 saturated heterocycles. The monoisotopic (exact) mass is 281 g/mol. The molecule has 0 bridgehead atoms. The minimum atomic E-state index is -1.06. The van der Waals surface area contributed by atoms with E-state index in [9.17, 15) is 19.4 Å². The zero-order valence-corrected chi connectivity index (χ0v) is 11.6. The molecule has 20 heavy (non-hydrogen) atoms. The van der Waals surface area contributed by atoms with Crippen molar-refractivity contribution < 1.29 is 19.4 Å². The van der Waals surface area contributed by atoms with Gasteiger partial charge < -0.3 is 10.2 Å². The highest BCUT2D eigenvalue weighted by molar-refractivity contribution is 5.75. The summed E-state index contributed by atoms with van der Waals surface area (Å²) >= 11 is 0. The van der Waals surface area contributed by atoms with E-state index in [0.29, 0.717) is 32.4 Å². The van der Waals surface area contributed by atoms with Crippen molar-refractivity contribution in [3.63, 3.8) is 0 Å². The van der Waals surface area contributed by atoms with Gasteiger partial charge in [0.25, 0.3) is 0 Å². The standard InChI is InChI=1S/C15H20FNO3/c1-2-15(20)7-9-17(10-8-15)13(14(18)19)11-5-3-4-6-12(11)16/h3-6,13,20H,2,7-10H2,1H3,(H,18,19). The summed E-state index contributed by atoms with van der Waals surface area (Å²) in [6.07, 6.45) is 1.68. The van der Waals surface area contributed by atoms with E-state index in [0.717, 1.165) is 0 Å². The summed E-state index contributed by atoms with van der Waals surface area (Å²) in [5.41, 5.74) is -0.531. The molecule has 0 spiro atoms. The second-order valence-corrected chi connectivity index (χ2v) is 5.38. The van der Waals surface area contributed by atoms with E-state index in [1.807, 2.05) is 6.92 Å². The predicted octanol–water partition coefficient (Wildman–Crippen LogP) is 2.19. The van der Waals surface area contributed by atoms with Gasteiger partial charge in [0.05, 0.1) is 5.60 Å². The molecule has 1 aliphatic heterocycles. The van der Waals surface area contributed by atoms with Crippen molar-refractivity contribution in [1.29, 1.82) is 0 Å². The number of benzene rings is 1. The third kappa shape index (κ3) is 2.99. The number of likely N-dealkylation sites (tertiary alicyclic amines) is 1. The Morgan fingerprint density at radius 1 is 1.40 bits per heavy atom. The number of halogens is 1. The quantitative estimate of drug-likeness (QED) is 0.888. The number of piperidine rings is 1. The SMILES string of the molecule is CCC1(O)CCN(C(C(=O)O)c2ccccc2F)CC1. The third-order valence-corrected chi connectivity index (χ3v) is 4.19. The fourth-order valence-electron chi connectivity index (χ4n) is 2.73. The molecule has 1 unspecified atom stereocenters. The maximum Gasteiger partial charge on any atom is 0.325 e. The summed E-state index contributed by atoms with van der Waals surface area (Å²) in [5.74, 6) is -1.56. The van der Waals surface area contributed by atoms with Crippen LogP contribution in [0.3, 0.4) is 0 Å². The summed E-state index contributed by atoms with van der Waals surface area (Å²) in [7, 11) is 0. The van der Waals surface area contributed by atoms with E-state index in [1.165, 1.54) is 12.1 Å². The lowest BCUT2D eigenvalue weighted by Gasteiger charge is -2.40. The van der Waals surface area contributed by atoms with Crippen LogP contribution in [0.25, 0.3) is 0 Å². The van der Waals surface area contributed by atoms with E-state index < -0.39 is 23.4 Å². The molecule has 5 heteroatoms. The van der Waals surface area contributed by atoms with Crippen LogP contribution in [0.15, 0.2) is 24.3 Å². The molecule has 1 heterocycles. The average molecular weight is 281 g/mol. The summed E-state index contributed by atoms with van der Waals surface area (Å²) in [4.78, 5) is 13.2. The van der Waals surface area contributed by atoms with E-state index in [2.05, 4.69) is 0 Å². The molecule has 1 fully saturated rings. The van der Waals surface area contributed by atoms with Crippen LogP contribution >= 0.6 is 0 Å². The first kappa shape index (κ1) is 14.9. The van der Waals surface area contributed by atoms with Crippen LogP contribution in [0.1, 0.15) is 37.8 Å². The van der Waals surface area contributed by atoms with Crippen LogP contribution in [0, 0.1) is 5.82 Å². The normalized spacial score (nSPS) is 20.6. The Morgan fingerprint density at radius 2 is 2.00 bits per heavy atom. The number of carboxylic acids is 1. The first-order chi connectivity index (χ1) is 9.47. The predicted molar refractivity (Wildman–Crippen MR) is 72.8 cm³/mol. The molecule has 2 rings (SSSR count). The molecular weight excluding hydrogens is 261 g/mol. The zero-order chi connectivity index (χ0) is 14.8. The Bertz CT molecular complexity index is 484. The third-order valence-electron chi connectivity index (χ3n) is 4.19. The van der Waals surface area contributed by atoms with Crippen LogP contribution < -0.4 is 0 Å². The van der Waals surface area contributed by atoms with Gasteiger partial charge in [0, 0.05) is 18.7 Å². The highest BCUT2D eigenvalue weighted by Crippen LogP contribution is 2.31. The molecule has 110 valence electrons. The largest absolute Gasteiger partial charge is 0.480 e. The van der Waals surface area contributed by atoms with Crippen molar-refractivity contribution in [2.45, 2.75) is 37.8 Å². The van der Waals surface area contributed by atoms with Crippen molar-refractivity contribution in [3.05, 3.63) is 35.6 Å². The van der Waals surface area contributed by atoms with Crippen molar-refractivity contribution in [2.75, 3.05) is 13.1 Å². The minimum absolute atomic E-state index is 0.182. The van der Waals surface area contributed by atoms with Crippen LogP contribution in [0.2, 0.25) is 0 Å². The average Bonchev–Trinajstić information content (AvgIpc) is 2.43. The van der Waals surface area contributed by atoms with E-state index in [1.54, 1.807) is 17.0 Å². The van der Waals surface area contributed by atoms with Crippen LogP contribution in [0.4, 0.5) is 4.39 Å². The topological polar surface area (TPSA) is 60.8 Å². The Morgan fingerprint density at radius 3 is 2.50 bits per heavy atom. The van der Waals surface area contributed by atoms with Gasteiger partial charge in [-0.2, -0.15) is 0 Å². The number of carboxylic acid groups (broad SMARTS) is 1. The molecule has 0 saturated carbocycles. The van der Waals surface area contributed by atoms with Crippen molar-refractivity contribution >= 4 is 5.97 Å². The molecule has 1 atom stereocenters. The molecule has 0 aliphatic carbocycles. The Kier molecular flexibility index (Phi) is 4.40. The highest BCUT2D eigenvalue weighted by Gasteiger charge is 2.37. The zero-order valence-electron chi connectivity index (χ0n) is 11.6. The highest BCUT2D eigenvalue weighted by atomic mass is 19.1. The van der Waals surface area contributed by atoms with Gasteiger partial charge in [-0.15, -0.1) is 0 Å². The summed E-state index contributed by atoms with van der Waals surface area (Å²) in [6, 6.07) is 4.98. The number of rotatable bonds is 4. The lowest BCUT2D eigenvalue weighted by Crippen LogP contribution is -2.47. The minimum Gasteiger partial charge on any atom is -0.480 e. The van der Waals surface area contributed by atoms with Gasteiger partial charge in [0.1, 0.15) is 11.9 Å². The molecule has 0 aromatic heterocycles. The van der Waals surface area contributed by atoms with Gasteiger partial charge in [-0.25, -0.2) is 4.39 Å². The fraction of sp³-hybridized carbons (Fsp3) is 0.533. The van der Waals surface area contributed by atoms with E-state index >= 15 is 0 Å². The number of aliphatic hydroxyl groups is 1. The Labute approximate surface area is 117 Å².